The van der Waals surface area contributed by atoms with Gasteiger partial charge in [0.2, 0.25) is 5.95 Å². The highest BCUT2D eigenvalue weighted by molar-refractivity contribution is 6.39. The average Bonchev–Trinajstić information content (AvgIpc) is 2.72. The van der Waals surface area contributed by atoms with E-state index in [1.165, 1.54) is 13.2 Å². The van der Waals surface area contributed by atoms with Crippen molar-refractivity contribution in [1.82, 2.24) is 19.7 Å². The van der Waals surface area contributed by atoms with Crippen LogP contribution in [0.1, 0.15) is 5.56 Å². The fourth-order valence-electron chi connectivity index (χ4n) is 2.95. The van der Waals surface area contributed by atoms with Crippen molar-refractivity contribution < 1.29 is 4.84 Å². The number of pyridine rings is 2. The second kappa shape index (κ2) is 8.06. The Hall–Kier alpha value is -3.16. The number of halogens is 2. The number of fused-ring (bicyclic) bond motifs is 1. The summed E-state index contributed by atoms with van der Waals surface area (Å²) in [5.41, 5.74) is 1.94. The van der Waals surface area contributed by atoms with E-state index in [0.29, 0.717) is 44.8 Å². The minimum absolute atomic E-state index is 0.295. The first kappa shape index (κ1) is 19.2. The van der Waals surface area contributed by atoms with E-state index in [9.17, 15) is 4.79 Å². The summed E-state index contributed by atoms with van der Waals surface area (Å²) < 4.78 is 1.10. The molecule has 9 heteroatoms. The highest BCUT2D eigenvalue weighted by atomic mass is 35.5. The Kier molecular flexibility index (Phi) is 5.33. The molecular weight excluding hydrogens is 413 g/mol. The van der Waals surface area contributed by atoms with Crippen LogP contribution in [0.4, 0.5) is 5.95 Å². The largest absolute Gasteiger partial charge is 0.412 e. The predicted octanol–water partition coefficient (Wildman–Crippen LogP) is 3.83. The van der Waals surface area contributed by atoms with Crippen LogP contribution < -0.4 is 15.7 Å². The maximum absolute atomic E-state index is 12.2. The smallest absolute Gasteiger partial charge is 0.285 e. The van der Waals surface area contributed by atoms with E-state index in [0.717, 1.165) is 10.3 Å². The zero-order valence-electron chi connectivity index (χ0n) is 15.3. The van der Waals surface area contributed by atoms with Crippen LogP contribution in [0.5, 0.6) is 0 Å². The zero-order valence-corrected chi connectivity index (χ0v) is 16.8. The van der Waals surface area contributed by atoms with Gasteiger partial charge in [-0.3, -0.25) is 9.78 Å². The number of benzene rings is 1. The lowest BCUT2D eigenvalue weighted by atomic mass is 10.1. The topological polar surface area (TPSA) is 81.9 Å². The number of rotatable bonds is 5. The van der Waals surface area contributed by atoms with Gasteiger partial charge < -0.3 is 10.2 Å². The first-order valence-corrected chi connectivity index (χ1v) is 9.39. The summed E-state index contributed by atoms with van der Waals surface area (Å²) in [6.07, 6.45) is 3.44. The molecule has 0 aliphatic carbocycles. The van der Waals surface area contributed by atoms with Crippen LogP contribution in [0.25, 0.3) is 22.3 Å². The molecule has 29 heavy (non-hydrogen) atoms. The first-order chi connectivity index (χ1) is 14.1. The summed E-state index contributed by atoms with van der Waals surface area (Å²) in [6, 6.07) is 12.0. The number of nitrogens with zero attached hydrogens (tertiary/aromatic N) is 4. The molecule has 1 aromatic carbocycles. The van der Waals surface area contributed by atoms with Gasteiger partial charge >= 0.3 is 0 Å². The van der Waals surface area contributed by atoms with Crippen molar-refractivity contribution in [2.24, 2.45) is 0 Å². The lowest BCUT2D eigenvalue weighted by molar-refractivity contribution is 0.167. The third-order valence-electron chi connectivity index (χ3n) is 4.27. The van der Waals surface area contributed by atoms with Gasteiger partial charge in [0, 0.05) is 36.0 Å². The molecule has 0 saturated carbocycles. The van der Waals surface area contributed by atoms with Crippen LogP contribution in [0.15, 0.2) is 59.7 Å². The Labute approximate surface area is 175 Å². The number of hydrogen-bond donors (Lipinski definition) is 1. The monoisotopic (exact) mass is 427 g/mol. The van der Waals surface area contributed by atoms with Crippen molar-refractivity contribution >= 4 is 40.2 Å². The van der Waals surface area contributed by atoms with Gasteiger partial charge in [0.25, 0.3) is 5.56 Å². The number of nitrogens with one attached hydrogen (secondary N) is 1. The van der Waals surface area contributed by atoms with Crippen LogP contribution in [0, 0.1) is 0 Å². The fourth-order valence-corrected chi connectivity index (χ4v) is 3.52. The van der Waals surface area contributed by atoms with Crippen molar-refractivity contribution in [1.29, 1.82) is 0 Å². The van der Waals surface area contributed by atoms with Gasteiger partial charge in [0.1, 0.15) is 7.11 Å². The standard InChI is InChI=1S/C20H15Cl2N5O2/c1-29-27-16(28)8-7-13-18(17-14(21)5-2-6-15(17)22)25-20(26-19(13)27)24-11-12-4-3-9-23-10-12/h2-10H,11H2,1H3,(H,24,25,26). The Bertz CT molecular complexity index is 1220. The lowest BCUT2D eigenvalue weighted by Gasteiger charge is -2.14. The molecule has 0 aliphatic rings. The maximum Gasteiger partial charge on any atom is 0.285 e. The number of anilines is 1. The second-order valence-corrected chi connectivity index (χ2v) is 6.91. The normalized spacial score (nSPS) is 10.9. The molecule has 0 saturated heterocycles. The number of aromatic nitrogens is 4. The Balaban J connectivity index is 1.92. The highest BCUT2D eigenvalue weighted by Crippen LogP contribution is 2.37. The molecule has 1 N–H and O–H groups in total. The molecule has 0 amide bonds. The van der Waals surface area contributed by atoms with Gasteiger partial charge in [0.05, 0.1) is 15.7 Å². The van der Waals surface area contributed by atoms with Crippen LogP contribution in [0.3, 0.4) is 0 Å². The van der Waals surface area contributed by atoms with E-state index in [1.54, 1.807) is 36.7 Å². The third-order valence-corrected chi connectivity index (χ3v) is 4.90. The third kappa shape index (κ3) is 3.74. The van der Waals surface area contributed by atoms with E-state index in [-0.39, 0.29) is 5.56 Å². The molecule has 0 radical (unpaired) electrons. The molecule has 0 spiro atoms. The highest BCUT2D eigenvalue weighted by Gasteiger charge is 2.18. The molecule has 0 aliphatic heterocycles. The van der Waals surface area contributed by atoms with Gasteiger partial charge in [-0.25, -0.2) is 4.98 Å². The SMILES string of the molecule is COn1c(=O)ccc2c(-c3c(Cl)cccc3Cl)nc(NCc3cccnc3)nc21. The molecular formula is C20H15Cl2N5O2. The summed E-state index contributed by atoms with van der Waals surface area (Å²) in [6.45, 7) is 0.444. The zero-order chi connectivity index (χ0) is 20.4. The first-order valence-electron chi connectivity index (χ1n) is 8.64. The molecule has 3 heterocycles. The summed E-state index contributed by atoms with van der Waals surface area (Å²) >= 11 is 12.8. The molecule has 0 fully saturated rings. The van der Waals surface area contributed by atoms with E-state index in [2.05, 4.69) is 20.3 Å². The Morgan fingerprint density at radius 1 is 1.07 bits per heavy atom. The van der Waals surface area contributed by atoms with Crippen molar-refractivity contribution in [2.75, 3.05) is 12.4 Å². The molecule has 0 atom stereocenters. The molecule has 4 rings (SSSR count). The molecule has 3 aromatic heterocycles. The van der Waals surface area contributed by atoms with Crippen molar-refractivity contribution in [3.05, 3.63) is 80.8 Å². The summed E-state index contributed by atoms with van der Waals surface area (Å²) in [7, 11) is 1.40. The van der Waals surface area contributed by atoms with Crippen LogP contribution in [-0.2, 0) is 6.54 Å². The summed E-state index contributed by atoms with van der Waals surface area (Å²) in [5, 5.41) is 4.60. The van der Waals surface area contributed by atoms with E-state index in [1.807, 2.05) is 12.1 Å². The van der Waals surface area contributed by atoms with Crippen molar-refractivity contribution in [3.8, 4) is 11.3 Å². The Morgan fingerprint density at radius 2 is 1.86 bits per heavy atom. The molecule has 0 bridgehead atoms. The molecule has 7 nitrogen and oxygen atoms in total. The fraction of sp³-hybridized carbons (Fsp3) is 0.100. The van der Waals surface area contributed by atoms with Gasteiger partial charge in [0.15, 0.2) is 5.65 Å². The molecule has 0 unspecified atom stereocenters. The molecule has 4 aromatic rings. The van der Waals surface area contributed by atoms with E-state index < -0.39 is 0 Å². The number of hydrogen-bond acceptors (Lipinski definition) is 6. The van der Waals surface area contributed by atoms with E-state index in [4.69, 9.17) is 28.0 Å². The van der Waals surface area contributed by atoms with Gasteiger partial charge in [-0.1, -0.05) is 35.3 Å². The van der Waals surface area contributed by atoms with Crippen molar-refractivity contribution in [3.63, 3.8) is 0 Å². The van der Waals surface area contributed by atoms with Crippen LogP contribution in [0.2, 0.25) is 10.0 Å². The predicted molar refractivity (Wildman–Crippen MR) is 113 cm³/mol. The van der Waals surface area contributed by atoms with Gasteiger partial charge in [-0.15, -0.1) is 4.73 Å². The van der Waals surface area contributed by atoms with E-state index >= 15 is 0 Å². The van der Waals surface area contributed by atoms with Crippen LogP contribution >= 0.6 is 23.2 Å². The minimum atomic E-state index is -0.354. The van der Waals surface area contributed by atoms with Crippen LogP contribution in [-0.4, -0.2) is 26.8 Å². The lowest BCUT2D eigenvalue weighted by Crippen LogP contribution is -2.25. The minimum Gasteiger partial charge on any atom is -0.412 e. The summed E-state index contributed by atoms with van der Waals surface area (Å²) in [4.78, 5) is 30.7. The average molecular weight is 428 g/mol. The van der Waals surface area contributed by atoms with Gasteiger partial charge in [-0.05, 0) is 29.8 Å². The Morgan fingerprint density at radius 3 is 2.55 bits per heavy atom. The maximum atomic E-state index is 12.2. The second-order valence-electron chi connectivity index (χ2n) is 6.09. The van der Waals surface area contributed by atoms with Crippen molar-refractivity contribution in [2.45, 2.75) is 6.54 Å². The summed E-state index contributed by atoms with van der Waals surface area (Å²) in [5.74, 6) is 0.295. The quantitative estimate of drug-likeness (QED) is 0.521. The van der Waals surface area contributed by atoms with Gasteiger partial charge in [-0.2, -0.15) is 4.98 Å². The molecule has 146 valence electrons.